The van der Waals surface area contributed by atoms with Crippen molar-refractivity contribution in [3.05, 3.63) is 65.2 Å². The van der Waals surface area contributed by atoms with Crippen molar-refractivity contribution in [2.75, 3.05) is 38.0 Å². The molecule has 3 fully saturated rings. The molecule has 2 aromatic carbocycles. The van der Waals surface area contributed by atoms with Crippen LogP contribution in [0.1, 0.15) is 99.7 Å². The molecule has 0 aliphatic carbocycles. The van der Waals surface area contributed by atoms with Gasteiger partial charge in [0.2, 0.25) is 5.91 Å². The Kier molecular flexibility index (Phi) is 12.2. The number of aliphatic hydroxyl groups excluding tert-OH is 1. The number of anilines is 1. The molecule has 3 heterocycles. The first-order valence-corrected chi connectivity index (χ1v) is 16.6. The van der Waals surface area contributed by atoms with Gasteiger partial charge in [-0.1, -0.05) is 49.2 Å². The summed E-state index contributed by atoms with van der Waals surface area (Å²) < 4.78 is 13.2. The number of nitrogens with zero attached hydrogens (tertiary/aromatic N) is 2. The van der Waals surface area contributed by atoms with Gasteiger partial charge in [0.05, 0.1) is 18.8 Å². The van der Waals surface area contributed by atoms with Crippen LogP contribution < -0.4 is 5.32 Å². The standard InChI is InChI=1S/C35H49N3O6/c39-25-26-14-16-27(17-15-26)32-22-31(24-38-20-8-11-30(38)23-37-18-5-6-19-37)43-35(44-32)28-9-7-10-29(21-28)36-33(40)12-3-1-2-4-13-34(41)42/h7,9-10,14-17,21,30-32,35,39H,1-6,8,11-13,18-20,22-25H2,(H,36,40)(H,41,42)/t30-,31-,32+,35+/m0/s1. The number of nitrogens with one attached hydrogen (secondary N) is 1. The number of rotatable bonds is 15. The fraction of sp³-hybridized carbons (Fsp3) is 0.600. The first-order valence-electron chi connectivity index (χ1n) is 16.6. The lowest BCUT2D eigenvalue weighted by molar-refractivity contribution is -0.253. The zero-order valence-electron chi connectivity index (χ0n) is 25.9. The van der Waals surface area contributed by atoms with E-state index in [1.54, 1.807) is 0 Å². The zero-order valence-corrected chi connectivity index (χ0v) is 25.9. The highest BCUT2D eigenvalue weighted by Crippen LogP contribution is 2.39. The van der Waals surface area contributed by atoms with E-state index in [-0.39, 0.29) is 31.1 Å². The first kappa shape index (κ1) is 32.6. The van der Waals surface area contributed by atoms with Gasteiger partial charge >= 0.3 is 5.97 Å². The Hall–Kier alpha value is -2.82. The summed E-state index contributed by atoms with van der Waals surface area (Å²) in [4.78, 5) is 28.5. The van der Waals surface area contributed by atoms with Crippen molar-refractivity contribution in [3.8, 4) is 0 Å². The van der Waals surface area contributed by atoms with E-state index in [0.717, 1.165) is 62.0 Å². The lowest BCUT2D eigenvalue weighted by atomic mass is 9.99. The third kappa shape index (κ3) is 9.59. The Labute approximate surface area is 261 Å². The van der Waals surface area contributed by atoms with Crippen LogP contribution in [-0.2, 0) is 25.7 Å². The molecule has 1 amide bonds. The number of unbranched alkanes of at least 4 members (excludes halogenated alkanes) is 3. The highest BCUT2D eigenvalue weighted by Gasteiger charge is 2.36. The largest absolute Gasteiger partial charge is 0.481 e. The average Bonchev–Trinajstić information content (AvgIpc) is 3.71. The summed E-state index contributed by atoms with van der Waals surface area (Å²) in [6, 6.07) is 16.3. The monoisotopic (exact) mass is 607 g/mol. The van der Waals surface area contributed by atoms with Crippen molar-refractivity contribution in [2.24, 2.45) is 0 Å². The summed E-state index contributed by atoms with van der Waals surface area (Å²) in [6.07, 6.45) is 8.71. The Morgan fingerprint density at radius 3 is 2.39 bits per heavy atom. The minimum absolute atomic E-state index is 0.00480. The second-order valence-corrected chi connectivity index (χ2v) is 12.6. The Morgan fingerprint density at radius 1 is 0.864 bits per heavy atom. The molecule has 240 valence electrons. The number of carbonyl (C=O) groups is 2. The van der Waals surface area contributed by atoms with Crippen molar-refractivity contribution < 1.29 is 29.3 Å². The fourth-order valence-corrected chi connectivity index (χ4v) is 6.80. The number of carbonyl (C=O) groups excluding carboxylic acids is 1. The van der Waals surface area contributed by atoms with Crippen molar-refractivity contribution in [1.82, 2.24) is 9.80 Å². The topological polar surface area (TPSA) is 112 Å². The molecule has 9 nitrogen and oxygen atoms in total. The summed E-state index contributed by atoms with van der Waals surface area (Å²) in [7, 11) is 0. The van der Waals surface area contributed by atoms with Crippen LogP contribution in [0.5, 0.6) is 0 Å². The van der Waals surface area contributed by atoms with Gasteiger partial charge in [-0.15, -0.1) is 0 Å². The van der Waals surface area contributed by atoms with E-state index < -0.39 is 12.3 Å². The average molecular weight is 608 g/mol. The van der Waals surface area contributed by atoms with Crippen molar-refractivity contribution >= 4 is 17.6 Å². The van der Waals surface area contributed by atoms with Crippen LogP contribution >= 0.6 is 0 Å². The Balaban J connectivity index is 1.23. The number of hydrogen-bond donors (Lipinski definition) is 3. The van der Waals surface area contributed by atoms with E-state index in [4.69, 9.17) is 14.6 Å². The van der Waals surface area contributed by atoms with Gasteiger partial charge < -0.3 is 29.9 Å². The second-order valence-electron chi connectivity index (χ2n) is 12.6. The molecule has 0 bridgehead atoms. The number of ether oxygens (including phenoxy) is 2. The Morgan fingerprint density at radius 2 is 1.64 bits per heavy atom. The van der Waals surface area contributed by atoms with E-state index >= 15 is 0 Å². The molecule has 0 saturated carbocycles. The van der Waals surface area contributed by atoms with Crippen LogP contribution in [0, 0.1) is 0 Å². The third-order valence-corrected chi connectivity index (χ3v) is 9.21. The molecule has 4 atom stereocenters. The summed E-state index contributed by atoms with van der Waals surface area (Å²) in [5.74, 6) is -0.827. The van der Waals surface area contributed by atoms with Gasteiger partial charge in [0.15, 0.2) is 6.29 Å². The number of hydrogen-bond acceptors (Lipinski definition) is 7. The van der Waals surface area contributed by atoms with Gasteiger partial charge in [0.1, 0.15) is 0 Å². The smallest absolute Gasteiger partial charge is 0.303 e. The number of carboxylic acid groups (broad SMARTS) is 1. The van der Waals surface area contributed by atoms with Gasteiger partial charge in [-0.25, -0.2) is 0 Å². The number of amides is 1. The highest BCUT2D eigenvalue weighted by molar-refractivity contribution is 5.90. The maximum absolute atomic E-state index is 12.6. The maximum Gasteiger partial charge on any atom is 0.303 e. The van der Waals surface area contributed by atoms with Gasteiger partial charge in [0.25, 0.3) is 0 Å². The molecule has 0 unspecified atom stereocenters. The number of benzene rings is 2. The molecular weight excluding hydrogens is 558 g/mol. The predicted molar refractivity (Wildman–Crippen MR) is 169 cm³/mol. The van der Waals surface area contributed by atoms with Crippen LogP contribution in [0.3, 0.4) is 0 Å². The van der Waals surface area contributed by atoms with Gasteiger partial charge in [-0.3, -0.25) is 14.5 Å². The minimum atomic E-state index is -0.774. The molecule has 3 aliphatic heterocycles. The summed E-state index contributed by atoms with van der Waals surface area (Å²) in [5.41, 5.74) is 3.53. The summed E-state index contributed by atoms with van der Waals surface area (Å²) in [5, 5.41) is 21.3. The van der Waals surface area contributed by atoms with Crippen molar-refractivity contribution in [2.45, 2.75) is 102 Å². The Bertz CT molecular complexity index is 1200. The van der Waals surface area contributed by atoms with Crippen LogP contribution in [0.15, 0.2) is 48.5 Å². The van der Waals surface area contributed by atoms with Crippen LogP contribution in [0.25, 0.3) is 0 Å². The van der Waals surface area contributed by atoms with E-state index in [9.17, 15) is 14.7 Å². The van der Waals surface area contributed by atoms with Crippen LogP contribution in [0.2, 0.25) is 0 Å². The molecular formula is C35H49N3O6. The van der Waals surface area contributed by atoms with Crippen molar-refractivity contribution in [3.63, 3.8) is 0 Å². The molecule has 44 heavy (non-hydrogen) atoms. The number of aliphatic carboxylic acids is 1. The minimum Gasteiger partial charge on any atom is -0.481 e. The molecule has 5 rings (SSSR count). The van der Waals surface area contributed by atoms with Gasteiger partial charge in [0, 0.05) is 49.6 Å². The quantitative estimate of drug-likeness (QED) is 0.223. The summed E-state index contributed by atoms with van der Waals surface area (Å²) in [6.45, 7) is 5.55. The third-order valence-electron chi connectivity index (χ3n) is 9.21. The normalized spacial score (nSPS) is 24.5. The first-order chi connectivity index (χ1) is 21.5. The molecule has 3 aliphatic rings. The predicted octanol–water partition coefficient (Wildman–Crippen LogP) is 5.65. The molecule has 0 spiro atoms. The molecule has 3 saturated heterocycles. The summed E-state index contributed by atoms with van der Waals surface area (Å²) >= 11 is 0. The molecule has 2 aromatic rings. The van der Waals surface area contributed by atoms with Crippen molar-refractivity contribution in [1.29, 1.82) is 0 Å². The number of carboxylic acids is 1. The van der Waals surface area contributed by atoms with Crippen LogP contribution in [0.4, 0.5) is 5.69 Å². The molecule has 0 aromatic heterocycles. The molecule has 9 heteroatoms. The van der Waals surface area contributed by atoms with E-state index in [1.807, 2.05) is 48.5 Å². The number of aliphatic hydroxyl groups is 1. The van der Waals surface area contributed by atoms with E-state index in [2.05, 4.69) is 15.1 Å². The van der Waals surface area contributed by atoms with Gasteiger partial charge in [-0.05, 0) is 81.4 Å². The van der Waals surface area contributed by atoms with E-state index in [1.165, 1.54) is 38.8 Å². The second kappa shape index (κ2) is 16.5. The van der Waals surface area contributed by atoms with Gasteiger partial charge in [-0.2, -0.15) is 0 Å². The lowest BCUT2D eigenvalue weighted by Crippen LogP contribution is -2.45. The lowest BCUT2D eigenvalue weighted by Gasteiger charge is -2.39. The number of likely N-dealkylation sites (tertiary alicyclic amines) is 2. The zero-order chi connectivity index (χ0) is 30.7. The van der Waals surface area contributed by atoms with Crippen LogP contribution in [-0.4, -0.2) is 76.8 Å². The maximum atomic E-state index is 12.6. The van der Waals surface area contributed by atoms with E-state index in [0.29, 0.717) is 24.6 Å². The fourth-order valence-electron chi connectivity index (χ4n) is 6.80. The highest BCUT2D eigenvalue weighted by atomic mass is 16.7. The SMILES string of the molecule is O=C(O)CCCCCCC(=O)Nc1cccc([C@@H]2O[C@H](CN3CCC[C@H]3CN3CCCC3)C[C@H](c3ccc(CO)cc3)O2)c1. The molecule has 0 radical (unpaired) electrons. The molecule has 3 N–H and O–H groups in total.